The van der Waals surface area contributed by atoms with Gasteiger partial charge in [-0.1, -0.05) is 171 Å². The molecule has 2 nitrogen and oxygen atoms in total. The minimum absolute atomic E-state index is 0.647. The fraction of sp³-hybridized carbons (Fsp3) is 0.0492. The zero-order valence-electron chi connectivity index (χ0n) is 35.8. The van der Waals surface area contributed by atoms with Gasteiger partial charge >= 0.3 is 0 Å². The van der Waals surface area contributed by atoms with Gasteiger partial charge in [-0.2, -0.15) is 0 Å². The van der Waals surface area contributed by atoms with Gasteiger partial charge < -0.3 is 9.80 Å². The van der Waals surface area contributed by atoms with Gasteiger partial charge in [-0.05, 0) is 150 Å². The second kappa shape index (κ2) is 13.9. The Morgan fingerprint density at radius 2 is 0.781 bits per heavy atom. The molecule has 0 fully saturated rings. The van der Waals surface area contributed by atoms with Gasteiger partial charge in [0.1, 0.15) is 8.07 Å². The third-order valence-electron chi connectivity index (χ3n) is 14.4. The summed E-state index contributed by atoms with van der Waals surface area (Å²) < 4.78 is 0. The number of fused-ring (bicyclic) bond motifs is 13. The Morgan fingerprint density at radius 1 is 0.328 bits per heavy atom. The molecule has 1 aliphatic heterocycles. The monoisotopic (exact) mass is 832 g/mol. The maximum absolute atomic E-state index is 2.58. The lowest BCUT2D eigenvalue weighted by molar-refractivity contribution is 0.774. The first kappa shape index (κ1) is 36.9. The van der Waals surface area contributed by atoms with Crippen LogP contribution in [0.1, 0.15) is 22.3 Å². The number of para-hydroxylation sites is 4. The predicted molar refractivity (Wildman–Crippen MR) is 272 cm³/mol. The molecule has 64 heavy (non-hydrogen) atoms. The molecule has 3 heteroatoms. The third-order valence-corrected chi connectivity index (χ3v) is 17.9. The minimum atomic E-state index is -2.20. The maximum atomic E-state index is 2.58. The molecule has 0 atom stereocenters. The van der Waals surface area contributed by atoms with Crippen LogP contribution < -0.4 is 20.2 Å². The van der Waals surface area contributed by atoms with E-state index < -0.39 is 13.5 Å². The number of hydrogen-bond acceptors (Lipinski definition) is 2. The zero-order chi connectivity index (χ0) is 42.6. The van der Waals surface area contributed by atoms with E-state index in [-0.39, 0.29) is 0 Å². The van der Waals surface area contributed by atoms with E-state index in [1.54, 1.807) is 5.19 Å². The highest BCUT2D eigenvalue weighted by atomic mass is 28.3. The average molecular weight is 833 g/mol. The summed E-state index contributed by atoms with van der Waals surface area (Å²) in [7, 11) is -2.20. The van der Waals surface area contributed by atoms with Crippen molar-refractivity contribution in [3.63, 3.8) is 0 Å². The molecule has 2 aliphatic carbocycles. The third kappa shape index (κ3) is 5.07. The van der Waals surface area contributed by atoms with Crippen LogP contribution in [0.25, 0.3) is 44.2 Å². The molecular weight excluding hydrogens is 789 g/mol. The smallest absolute Gasteiger partial charge is 0.114 e. The molecule has 0 saturated carbocycles. The molecule has 13 rings (SSSR count). The van der Waals surface area contributed by atoms with Crippen molar-refractivity contribution in [1.82, 2.24) is 0 Å². The van der Waals surface area contributed by atoms with Gasteiger partial charge in [0.25, 0.3) is 0 Å². The molecule has 302 valence electrons. The van der Waals surface area contributed by atoms with E-state index in [0.29, 0.717) is 0 Å². The summed E-state index contributed by atoms with van der Waals surface area (Å²) >= 11 is 0. The Bertz CT molecular complexity index is 3250. The van der Waals surface area contributed by atoms with E-state index >= 15 is 0 Å². The van der Waals surface area contributed by atoms with Crippen LogP contribution in [-0.2, 0) is 5.41 Å². The standard InChI is InChI=1S/C61H44N2Si/c1-64(2)57-32-16-15-29-50(57)51-37-38-54-59(60(51)64)52-30-17-19-41-20-18-31-53(58(41)52)61(54)55-39-46(62(42-21-7-3-8-22-42)43-23-9-4-10-24-43)33-35-48(55)49-36-34-47(40-56(49)61)63(44-25-11-5-12-26-44)45-27-13-6-14-28-45/h3-40H,1-2H3. The van der Waals surface area contributed by atoms with Crippen LogP contribution in [0.2, 0.25) is 13.1 Å². The van der Waals surface area contributed by atoms with E-state index in [0.717, 1.165) is 34.1 Å². The van der Waals surface area contributed by atoms with Crippen molar-refractivity contribution in [2.24, 2.45) is 0 Å². The maximum Gasteiger partial charge on any atom is 0.114 e. The lowest BCUT2D eigenvalue weighted by Gasteiger charge is -2.42. The quantitative estimate of drug-likeness (QED) is 0.154. The Labute approximate surface area is 376 Å². The normalized spacial score (nSPS) is 14.0. The fourth-order valence-electron chi connectivity index (χ4n) is 11.8. The summed E-state index contributed by atoms with van der Waals surface area (Å²) in [5.41, 5.74) is 19.6. The molecule has 10 aromatic rings. The number of hydrogen-bond donors (Lipinski definition) is 0. The van der Waals surface area contributed by atoms with Crippen molar-refractivity contribution in [3.05, 3.63) is 253 Å². The first-order valence-corrected chi connectivity index (χ1v) is 25.4. The average Bonchev–Trinajstić information content (AvgIpc) is 3.76. The van der Waals surface area contributed by atoms with Crippen molar-refractivity contribution >= 4 is 63.3 Å². The minimum Gasteiger partial charge on any atom is -0.310 e. The highest BCUT2D eigenvalue weighted by Gasteiger charge is 2.53. The number of rotatable bonds is 6. The SMILES string of the molecule is C[Si]1(C)c2ccccc2-c2ccc3c(c21)-c1cccc2cccc(c12)C31c2cc(N(c3ccccc3)c3ccccc3)ccc2-c2ccc(N(c3ccccc3)c3ccccc3)cc21. The highest BCUT2D eigenvalue weighted by molar-refractivity contribution is 7.04. The summed E-state index contributed by atoms with van der Waals surface area (Å²) in [6.07, 6.45) is 0. The van der Waals surface area contributed by atoms with E-state index in [2.05, 4.69) is 253 Å². The van der Waals surface area contributed by atoms with Gasteiger partial charge in [-0.15, -0.1) is 0 Å². The van der Waals surface area contributed by atoms with Crippen LogP contribution in [0.5, 0.6) is 0 Å². The zero-order valence-corrected chi connectivity index (χ0v) is 36.8. The molecule has 0 bridgehead atoms. The second-order valence-corrected chi connectivity index (χ2v) is 22.3. The van der Waals surface area contributed by atoms with Gasteiger partial charge in [0.2, 0.25) is 0 Å². The molecule has 1 spiro atoms. The lowest BCUT2D eigenvalue weighted by atomic mass is 9.61. The number of benzene rings is 10. The molecule has 0 radical (unpaired) electrons. The first-order valence-electron chi connectivity index (χ1n) is 22.4. The molecule has 0 saturated heterocycles. The van der Waals surface area contributed by atoms with Crippen LogP contribution >= 0.6 is 0 Å². The Kier molecular flexibility index (Phi) is 8.01. The van der Waals surface area contributed by atoms with Crippen molar-refractivity contribution in [1.29, 1.82) is 0 Å². The van der Waals surface area contributed by atoms with Crippen LogP contribution in [0.15, 0.2) is 231 Å². The van der Waals surface area contributed by atoms with Crippen LogP contribution in [-0.4, -0.2) is 8.07 Å². The summed E-state index contributed by atoms with van der Waals surface area (Å²) in [5, 5.41) is 5.71. The van der Waals surface area contributed by atoms with Crippen molar-refractivity contribution in [2.75, 3.05) is 9.80 Å². The van der Waals surface area contributed by atoms with Gasteiger partial charge in [-0.3, -0.25) is 0 Å². The first-order chi connectivity index (χ1) is 31.5. The topological polar surface area (TPSA) is 6.48 Å². The number of anilines is 6. The van der Waals surface area contributed by atoms with Gasteiger partial charge in [0, 0.05) is 34.1 Å². The Hall–Kier alpha value is -7.72. The van der Waals surface area contributed by atoms with Crippen molar-refractivity contribution in [2.45, 2.75) is 18.5 Å². The van der Waals surface area contributed by atoms with E-state index in [9.17, 15) is 0 Å². The van der Waals surface area contributed by atoms with Crippen LogP contribution in [0.4, 0.5) is 34.1 Å². The fourth-order valence-corrected chi connectivity index (χ4v) is 15.3. The Balaban J connectivity index is 1.18. The highest BCUT2D eigenvalue weighted by Crippen LogP contribution is 2.63. The molecular formula is C61H44N2Si. The van der Waals surface area contributed by atoms with Gasteiger partial charge in [-0.25, -0.2) is 0 Å². The molecule has 1 heterocycles. The summed E-state index contributed by atoms with van der Waals surface area (Å²) in [4.78, 5) is 4.84. The van der Waals surface area contributed by atoms with E-state index in [4.69, 9.17) is 0 Å². The molecule has 0 amide bonds. The number of nitrogens with zero attached hydrogens (tertiary/aromatic N) is 2. The van der Waals surface area contributed by atoms with Crippen LogP contribution in [0.3, 0.4) is 0 Å². The van der Waals surface area contributed by atoms with Crippen molar-refractivity contribution < 1.29 is 0 Å². The summed E-state index contributed by atoms with van der Waals surface area (Å²) in [6.45, 7) is 5.15. The molecule has 10 aromatic carbocycles. The molecule has 0 unspecified atom stereocenters. The largest absolute Gasteiger partial charge is 0.310 e. The van der Waals surface area contributed by atoms with Gasteiger partial charge in [0.15, 0.2) is 0 Å². The molecule has 0 N–H and O–H groups in total. The van der Waals surface area contributed by atoms with Crippen molar-refractivity contribution in [3.8, 4) is 33.4 Å². The molecule has 0 aromatic heterocycles. The summed E-state index contributed by atoms with van der Waals surface area (Å²) in [6, 6.07) is 86.2. The second-order valence-electron chi connectivity index (χ2n) is 18.0. The predicted octanol–water partition coefficient (Wildman–Crippen LogP) is 14.9. The lowest BCUT2D eigenvalue weighted by Crippen LogP contribution is -2.51. The molecule has 3 aliphatic rings. The van der Waals surface area contributed by atoms with E-state index in [1.165, 1.54) is 71.6 Å². The summed E-state index contributed by atoms with van der Waals surface area (Å²) in [5.74, 6) is 0. The van der Waals surface area contributed by atoms with E-state index in [1.807, 2.05) is 0 Å². The Morgan fingerprint density at radius 3 is 1.31 bits per heavy atom. The van der Waals surface area contributed by atoms with Crippen LogP contribution in [0, 0.1) is 0 Å². The van der Waals surface area contributed by atoms with Gasteiger partial charge in [0.05, 0.1) is 5.41 Å².